The van der Waals surface area contributed by atoms with Crippen molar-refractivity contribution in [2.24, 2.45) is 0 Å². The fraction of sp³-hybridized carbons (Fsp3) is 0.0417. The molecule has 0 saturated carbocycles. The summed E-state index contributed by atoms with van der Waals surface area (Å²) in [5.74, 6) is -2.33. The smallest absolute Gasteiger partial charge is 0.321 e. The number of aryl methyl sites for hydroxylation is 1. The molecular weight excluding hydrogens is 463 g/mol. The van der Waals surface area contributed by atoms with Crippen molar-refractivity contribution in [2.45, 2.75) is 6.92 Å². The molecule has 0 aliphatic rings. The molecule has 1 heterocycles. The third-order valence-electron chi connectivity index (χ3n) is 4.83. The molecule has 33 heavy (non-hydrogen) atoms. The van der Waals surface area contributed by atoms with Crippen molar-refractivity contribution in [2.75, 3.05) is 16.1 Å². The summed E-state index contributed by atoms with van der Waals surface area (Å²) in [4.78, 5) is 38.1. The number of hydrogen-bond acceptors (Lipinski definition) is 3. The van der Waals surface area contributed by atoms with Crippen LogP contribution in [0.4, 0.5) is 11.4 Å². The highest BCUT2D eigenvalue weighted by Gasteiger charge is 2.21. The van der Waals surface area contributed by atoms with Gasteiger partial charge < -0.3 is 10.6 Å². The van der Waals surface area contributed by atoms with Gasteiger partial charge in [0.1, 0.15) is 5.69 Å². The van der Waals surface area contributed by atoms with Gasteiger partial charge in [0.15, 0.2) is 0 Å². The van der Waals surface area contributed by atoms with Gasteiger partial charge in [-0.25, -0.2) is 4.68 Å². The average molecular weight is 481 g/mol. The third kappa shape index (κ3) is 5.16. The van der Waals surface area contributed by atoms with Crippen LogP contribution in [0.15, 0.2) is 72.8 Å². The lowest BCUT2D eigenvalue weighted by atomic mass is 10.2. The van der Waals surface area contributed by atoms with E-state index in [0.29, 0.717) is 32.3 Å². The van der Waals surface area contributed by atoms with E-state index in [-0.39, 0.29) is 5.69 Å². The van der Waals surface area contributed by atoms with E-state index in [1.54, 1.807) is 60.7 Å². The number of hydrogen-bond donors (Lipinski definition) is 3. The molecule has 166 valence electrons. The van der Waals surface area contributed by atoms with Crippen molar-refractivity contribution < 1.29 is 14.4 Å². The molecule has 4 aromatic rings. The minimum atomic E-state index is -0.957. The monoisotopic (exact) mass is 480 g/mol. The van der Waals surface area contributed by atoms with E-state index in [0.717, 1.165) is 5.56 Å². The lowest BCUT2D eigenvalue weighted by molar-refractivity contribution is -0.133. The molecule has 0 spiro atoms. The van der Waals surface area contributed by atoms with Crippen LogP contribution in [-0.2, 0) is 9.59 Å². The molecule has 3 N–H and O–H groups in total. The summed E-state index contributed by atoms with van der Waals surface area (Å²) in [6.07, 6.45) is 0. The number of carbonyl (C=O) groups is 3. The summed E-state index contributed by atoms with van der Waals surface area (Å²) in [6.45, 7) is 1.94. The van der Waals surface area contributed by atoms with Gasteiger partial charge in [0.25, 0.3) is 5.91 Å². The first kappa shape index (κ1) is 22.4. The summed E-state index contributed by atoms with van der Waals surface area (Å²) in [5, 5.41) is 6.87. The third-order valence-corrected chi connectivity index (χ3v) is 5.31. The molecule has 0 fully saturated rings. The van der Waals surface area contributed by atoms with Gasteiger partial charge in [-0.3, -0.25) is 19.8 Å². The Morgan fingerprint density at radius 2 is 1.33 bits per heavy atom. The van der Waals surface area contributed by atoms with Crippen molar-refractivity contribution >= 4 is 63.2 Å². The highest BCUT2D eigenvalue weighted by molar-refractivity contribution is 6.42. The maximum atomic E-state index is 13.0. The standard InChI is InChI=1S/C24H18Cl2N4O3/c1-14-2-7-18(8-3-14)27-22(31)21-13-15-12-17(26)6-11-20(15)30(21)29-24(33)23(32)28-19-9-4-16(25)5-10-19/h2-13H,1H3,(H,27,31)(H,28,32)(H,29,33). The molecule has 0 aliphatic carbocycles. The predicted octanol–water partition coefficient (Wildman–Crippen LogP) is 5.22. The molecule has 0 unspecified atom stereocenters. The lowest BCUT2D eigenvalue weighted by Gasteiger charge is -2.13. The number of carbonyl (C=O) groups excluding carboxylic acids is 3. The Labute approximate surface area is 199 Å². The maximum absolute atomic E-state index is 13.0. The number of nitrogens with one attached hydrogen (secondary N) is 3. The average Bonchev–Trinajstić information content (AvgIpc) is 3.14. The maximum Gasteiger partial charge on any atom is 0.328 e. The number of amides is 3. The van der Waals surface area contributed by atoms with Gasteiger partial charge in [-0.15, -0.1) is 0 Å². The van der Waals surface area contributed by atoms with Crippen molar-refractivity contribution in [1.82, 2.24) is 4.68 Å². The first-order valence-corrected chi connectivity index (χ1v) is 10.6. The number of nitrogens with zero attached hydrogens (tertiary/aromatic N) is 1. The van der Waals surface area contributed by atoms with Gasteiger partial charge in [0.2, 0.25) is 0 Å². The number of benzene rings is 3. The number of rotatable bonds is 4. The second-order valence-electron chi connectivity index (χ2n) is 7.29. The van der Waals surface area contributed by atoms with Crippen LogP contribution in [0.3, 0.4) is 0 Å². The summed E-state index contributed by atoms with van der Waals surface area (Å²) in [5.41, 5.74) is 5.17. The van der Waals surface area contributed by atoms with Crippen molar-refractivity contribution in [1.29, 1.82) is 0 Å². The zero-order chi connectivity index (χ0) is 23.5. The zero-order valence-corrected chi connectivity index (χ0v) is 18.9. The molecule has 0 aliphatic heterocycles. The summed E-state index contributed by atoms with van der Waals surface area (Å²) < 4.78 is 1.26. The van der Waals surface area contributed by atoms with E-state index < -0.39 is 17.7 Å². The van der Waals surface area contributed by atoms with Gasteiger partial charge >= 0.3 is 11.8 Å². The molecule has 0 saturated heterocycles. The number of anilines is 2. The molecule has 0 atom stereocenters. The van der Waals surface area contributed by atoms with Gasteiger partial charge in [0.05, 0.1) is 5.52 Å². The Balaban J connectivity index is 1.61. The molecule has 4 rings (SSSR count). The topological polar surface area (TPSA) is 92.2 Å². The quantitative estimate of drug-likeness (QED) is 0.349. The molecule has 3 aromatic carbocycles. The largest absolute Gasteiger partial charge is 0.328 e. The normalized spacial score (nSPS) is 10.6. The SMILES string of the molecule is Cc1ccc(NC(=O)c2cc3cc(Cl)ccc3n2NC(=O)C(=O)Nc2ccc(Cl)cc2)cc1. The van der Waals surface area contributed by atoms with Crippen molar-refractivity contribution in [3.05, 3.63) is 94.1 Å². The Kier molecular flexibility index (Phi) is 6.35. The molecule has 1 aromatic heterocycles. The van der Waals surface area contributed by atoms with Crippen molar-refractivity contribution in [3.63, 3.8) is 0 Å². The van der Waals surface area contributed by atoms with Gasteiger partial charge in [-0.2, -0.15) is 0 Å². The van der Waals surface area contributed by atoms with Crippen molar-refractivity contribution in [3.8, 4) is 0 Å². The molecule has 9 heteroatoms. The minimum absolute atomic E-state index is 0.125. The first-order valence-electron chi connectivity index (χ1n) is 9.87. The van der Waals surface area contributed by atoms with Crippen LogP contribution < -0.4 is 16.1 Å². The fourth-order valence-electron chi connectivity index (χ4n) is 3.18. The fourth-order valence-corrected chi connectivity index (χ4v) is 3.49. The predicted molar refractivity (Wildman–Crippen MR) is 131 cm³/mol. The van der Waals surface area contributed by atoms with Gasteiger partial charge in [-0.1, -0.05) is 40.9 Å². The van der Waals surface area contributed by atoms with Crippen LogP contribution in [-0.4, -0.2) is 22.4 Å². The summed E-state index contributed by atoms with van der Waals surface area (Å²) in [6, 6.07) is 20.1. The van der Waals surface area contributed by atoms with Crippen LogP contribution in [0.1, 0.15) is 16.1 Å². The molecule has 3 amide bonds. The number of halogens is 2. The van der Waals surface area contributed by atoms with Crippen LogP contribution >= 0.6 is 23.2 Å². The van der Waals surface area contributed by atoms with Crippen LogP contribution in [0.2, 0.25) is 10.0 Å². The second kappa shape index (κ2) is 9.36. The first-order chi connectivity index (χ1) is 15.8. The van der Waals surface area contributed by atoms with Crippen LogP contribution in [0.5, 0.6) is 0 Å². The minimum Gasteiger partial charge on any atom is -0.321 e. The van der Waals surface area contributed by atoms with Crippen LogP contribution in [0, 0.1) is 6.92 Å². The van der Waals surface area contributed by atoms with E-state index in [1.165, 1.54) is 4.68 Å². The molecule has 0 radical (unpaired) electrons. The van der Waals surface area contributed by atoms with E-state index in [2.05, 4.69) is 16.1 Å². The van der Waals surface area contributed by atoms with E-state index in [9.17, 15) is 14.4 Å². The van der Waals surface area contributed by atoms with Gasteiger partial charge in [-0.05, 0) is 67.6 Å². The summed E-state index contributed by atoms with van der Waals surface area (Å²) in [7, 11) is 0. The Morgan fingerprint density at radius 1 is 0.727 bits per heavy atom. The Morgan fingerprint density at radius 3 is 2.03 bits per heavy atom. The van der Waals surface area contributed by atoms with Gasteiger partial charge in [0, 0.05) is 26.8 Å². The highest BCUT2D eigenvalue weighted by Crippen LogP contribution is 2.24. The van der Waals surface area contributed by atoms with E-state index in [4.69, 9.17) is 23.2 Å². The highest BCUT2D eigenvalue weighted by atomic mass is 35.5. The molecule has 7 nitrogen and oxygen atoms in total. The van der Waals surface area contributed by atoms with E-state index >= 15 is 0 Å². The Bertz CT molecular complexity index is 1360. The molecule has 0 bridgehead atoms. The molecular formula is C24H18Cl2N4O3. The number of fused-ring (bicyclic) bond motifs is 1. The number of aromatic nitrogens is 1. The summed E-state index contributed by atoms with van der Waals surface area (Å²) >= 11 is 11.9. The second-order valence-corrected chi connectivity index (χ2v) is 8.16. The zero-order valence-electron chi connectivity index (χ0n) is 17.4. The lowest BCUT2D eigenvalue weighted by Crippen LogP contribution is -2.36. The Hall–Kier alpha value is -3.81. The van der Waals surface area contributed by atoms with E-state index in [1.807, 2.05) is 19.1 Å². The van der Waals surface area contributed by atoms with Crippen LogP contribution in [0.25, 0.3) is 10.9 Å².